The molecule has 0 saturated carbocycles. The Balaban J connectivity index is 2.36. The highest BCUT2D eigenvalue weighted by molar-refractivity contribution is 7.71. The highest BCUT2D eigenvalue weighted by atomic mass is 32.1. The molecule has 1 heterocycles. The highest BCUT2D eigenvalue weighted by Crippen LogP contribution is 2.27. The van der Waals surface area contributed by atoms with E-state index in [4.69, 9.17) is 16.6 Å². The molecule has 2 aromatic carbocycles. The lowest BCUT2D eigenvalue weighted by molar-refractivity contribution is 0.112. The first-order chi connectivity index (χ1) is 9.29. The van der Waals surface area contributed by atoms with Crippen molar-refractivity contribution in [2.45, 2.75) is 0 Å². The van der Waals surface area contributed by atoms with Gasteiger partial charge in [0.2, 0.25) is 0 Å². The molecule has 3 aromatic rings. The average molecular weight is 266 g/mol. The zero-order valence-corrected chi connectivity index (χ0v) is 10.8. The first-order valence-corrected chi connectivity index (χ1v) is 6.28. The first kappa shape index (κ1) is 11.8. The van der Waals surface area contributed by atoms with Crippen molar-refractivity contribution in [1.82, 2.24) is 0 Å². The third kappa shape index (κ3) is 2.09. The van der Waals surface area contributed by atoms with Crippen LogP contribution in [0.3, 0.4) is 0 Å². The Kier molecular flexibility index (Phi) is 2.97. The van der Waals surface area contributed by atoms with Gasteiger partial charge in [-0.15, -0.1) is 0 Å². The maximum atomic E-state index is 11.1. The largest absolute Gasteiger partial charge is 0.455 e. The van der Waals surface area contributed by atoms with E-state index in [0.717, 1.165) is 17.2 Å². The van der Waals surface area contributed by atoms with Crippen molar-refractivity contribution < 1.29 is 9.21 Å². The summed E-state index contributed by atoms with van der Waals surface area (Å²) in [4.78, 5) is 11.1. The van der Waals surface area contributed by atoms with Gasteiger partial charge in [-0.05, 0) is 12.1 Å². The number of carbonyl (C=O) groups excluding carboxylic acids is 1. The lowest BCUT2D eigenvalue weighted by Gasteiger charge is -2.05. The zero-order chi connectivity index (χ0) is 13.2. The second kappa shape index (κ2) is 4.78. The molecule has 0 amide bonds. The van der Waals surface area contributed by atoms with Crippen molar-refractivity contribution in [3.05, 3.63) is 64.7 Å². The molecule has 3 rings (SSSR count). The predicted octanol–water partition coefficient (Wildman–Crippen LogP) is 4.64. The summed E-state index contributed by atoms with van der Waals surface area (Å²) in [5.74, 6) is 0.674. The molecule has 0 aliphatic rings. The Morgan fingerprint density at radius 3 is 2.53 bits per heavy atom. The Morgan fingerprint density at radius 1 is 1.00 bits per heavy atom. The van der Waals surface area contributed by atoms with E-state index in [1.807, 2.05) is 42.5 Å². The topological polar surface area (TPSA) is 30.2 Å². The van der Waals surface area contributed by atoms with Crippen LogP contribution >= 0.6 is 12.2 Å². The summed E-state index contributed by atoms with van der Waals surface area (Å²) < 4.78 is 6.54. The third-order valence-electron chi connectivity index (χ3n) is 2.97. The normalized spacial score (nSPS) is 10.5. The van der Waals surface area contributed by atoms with E-state index in [0.29, 0.717) is 21.4 Å². The van der Waals surface area contributed by atoms with E-state index in [1.165, 1.54) is 0 Å². The molecule has 0 saturated heterocycles. The second-order valence-corrected chi connectivity index (χ2v) is 4.62. The maximum Gasteiger partial charge on any atom is 0.153 e. The van der Waals surface area contributed by atoms with Crippen LogP contribution in [0.2, 0.25) is 0 Å². The van der Waals surface area contributed by atoms with Crippen LogP contribution in [-0.4, -0.2) is 6.29 Å². The molecule has 19 heavy (non-hydrogen) atoms. The minimum absolute atomic E-state index is 0.515. The smallest absolute Gasteiger partial charge is 0.153 e. The maximum absolute atomic E-state index is 11.1. The number of hydrogen-bond donors (Lipinski definition) is 0. The first-order valence-electron chi connectivity index (χ1n) is 5.87. The van der Waals surface area contributed by atoms with E-state index in [2.05, 4.69) is 0 Å². The van der Waals surface area contributed by atoms with Gasteiger partial charge in [0.05, 0.1) is 10.1 Å². The Morgan fingerprint density at radius 2 is 1.79 bits per heavy atom. The van der Waals surface area contributed by atoms with Crippen LogP contribution in [0, 0.1) is 4.51 Å². The second-order valence-electron chi connectivity index (χ2n) is 4.18. The van der Waals surface area contributed by atoms with Crippen molar-refractivity contribution in [3.63, 3.8) is 0 Å². The molecule has 1 aromatic heterocycles. The van der Waals surface area contributed by atoms with Gasteiger partial charge >= 0.3 is 0 Å². The lowest BCUT2D eigenvalue weighted by atomic mass is 10.1. The molecule has 0 aliphatic heterocycles. The van der Waals surface area contributed by atoms with E-state index in [-0.39, 0.29) is 0 Å². The summed E-state index contributed by atoms with van der Waals surface area (Å²) in [7, 11) is 0. The van der Waals surface area contributed by atoms with Crippen LogP contribution in [0.15, 0.2) is 59.0 Å². The number of hydrogen-bond acceptors (Lipinski definition) is 3. The molecular formula is C16H10O2S. The Bertz CT molecular complexity index is 804. The van der Waals surface area contributed by atoms with Gasteiger partial charge < -0.3 is 4.42 Å². The summed E-state index contributed by atoms with van der Waals surface area (Å²) in [5, 5.41) is 0.791. The quantitative estimate of drug-likeness (QED) is 0.500. The molecule has 92 valence electrons. The standard InChI is InChI=1S/C16H10O2S/c17-10-12-7-4-8-13-15(19)9-14(18-16(12)13)11-5-2-1-3-6-11/h1-10H. The fourth-order valence-corrected chi connectivity index (χ4v) is 2.30. The van der Waals surface area contributed by atoms with Crippen LogP contribution in [0.25, 0.3) is 22.3 Å². The van der Waals surface area contributed by atoms with E-state index < -0.39 is 0 Å². The van der Waals surface area contributed by atoms with Crippen molar-refractivity contribution in [3.8, 4) is 11.3 Å². The third-order valence-corrected chi connectivity index (χ3v) is 3.31. The van der Waals surface area contributed by atoms with Crippen LogP contribution in [0.1, 0.15) is 10.4 Å². The summed E-state index contributed by atoms with van der Waals surface area (Å²) >= 11 is 5.37. The van der Waals surface area contributed by atoms with Gasteiger partial charge in [-0.2, -0.15) is 0 Å². The SMILES string of the molecule is O=Cc1cccc2c(=S)cc(-c3ccccc3)oc12. The fraction of sp³-hybridized carbons (Fsp3) is 0. The van der Waals surface area contributed by atoms with Gasteiger partial charge in [-0.25, -0.2) is 0 Å². The number of rotatable bonds is 2. The molecule has 0 bridgehead atoms. The van der Waals surface area contributed by atoms with Crippen LogP contribution in [0.4, 0.5) is 0 Å². The summed E-state index contributed by atoms with van der Waals surface area (Å²) in [5.41, 5.74) is 2.00. The highest BCUT2D eigenvalue weighted by Gasteiger charge is 2.07. The molecule has 2 nitrogen and oxygen atoms in total. The van der Waals surface area contributed by atoms with Gasteiger partial charge in [-0.1, -0.05) is 48.6 Å². The lowest BCUT2D eigenvalue weighted by Crippen LogP contribution is -1.86. The van der Waals surface area contributed by atoms with Gasteiger partial charge in [0.1, 0.15) is 11.3 Å². The van der Waals surface area contributed by atoms with Gasteiger partial charge in [-0.3, -0.25) is 4.79 Å². The molecule has 0 radical (unpaired) electrons. The number of carbonyl (C=O) groups is 1. The molecule has 0 fully saturated rings. The molecule has 0 atom stereocenters. The zero-order valence-electron chi connectivity index (χ0n) is 10.00. The van der Waals surface area contributed by atoms with Gasteiger partial charge in [0.25, 0.3) is 0 Å². The summed E-state index contributed by atoms with van der Waals surface area (Å²) in [6, 6.07) is 16.9. The Labute approximate surface area is 115 Å². The predicted molar refractivity (Wildman–Crippen MR) is 77.9 cm³/mol. The van der Waals surface area contributed by atoms with Crippen molar-refractivity contribution in [2.75, 3.05) is 0 Å². The van der Waals surface area contributed by atoms with Crippen LogP contribution in [-0.2, 0) is 0 Å². The van der Waals surface area contributed by atoms with Crippen LogP contribution < -0.4 is 0 Å². The summed E-state index contributed by atoms with van der Waals surface area (Å²) in [6.45, 7) is 0. The molecular weight excluding hydrogens is 256 g/mol. The van der Waals surface area contributed by atoms with Crippen molar-refractivity contribution in [2.24, 2.45) is 0 Å². The van der Waals surface area contributed by atoms with Gasteiger partial charge in [0, 0.05) is 17.0 Å². The number of fused-ring (bicyclic) bond motifs is 1. The van der Waals surface area contributed by atoms with Gasteiger partial charge in [0.15, 0.2) is 6.29 Å². The molecule has 0 aliphatic carbocycles. The summed E-state index contributed by atoms with van der Waals surface area (Å²) in [6.07, 6.45) is 0.787. The fourth-order valence-electron chi connectivity index (χ4n) is 2.04. The van der Waals surface area contributed by atoms with Crippen molar-refractivity contribution in [1.29, 1.82) is 0 Å². The van der Waals surface area contributed by atoms with E-state index >= 15 is 0 Å². The Hall–Kier alpha value is -2.26. The number of para-hydroxylation sites is 1. The number of aldehydes is 1. The van der Waals surface area contributed by atoms with E-state index in [1.54, 1.807) is 12.1 Å². The molecule has 0 spiro atoms. The van der Waals surface area contributed by atoms with E-state index in [9.17, 15) is 4.79 Å². The minimum Gasteiger partial charge on any atom is -0.455 e. The average Bonchev–Trinajstić information content (AvgIpc) is 2.47. The molecule has 0 N–H and O–H groups in total. The van der Waals surface area contributed by atoms with Crippen LogP contribution in [0.5, 0.6) is 0 Å². The molecule has 0 unspecified atom stereocenters. The monoisotopic (exact) mass is 266 g/mol. The van der Waals surface area contributed by atoms with Crippen molar-refractivity contribution >= 4 is 29.5 Å². The molecule has 3 heteroatoms. The number of benzene rings is 2. The minimum atomic E-state index is 0.515.